The standard InChI is InChI=1S/C14H11NOS/c1-3-7-11(8-4-1)13-15-16-14(17-13)12-9-5-2-6-10-12/h1-10,14H/p+1. The molecule has 0 amide bonds. The molecule has 2 aromatic carbocycles. The van der Waals surface area contributed by atoms with Crippen LogP contribution in [0.1, 0.15) is 16.6 Å². The minimum absolute atomic E-state index is 0.0337. The third kappa shape index (κ3) is 2.19. The molecule has 0 saturated heterocycles. The van der Waals surface area contributed by atoms with Gasteiger partial charge in [0.25, 0.3) is 5.04 Å². The second-order valence-electron chi connectivity index (χ2n) is 3.78. The lowest BCUT2D eigenvalue weighted by atomic mass is 10.2. The molecular formula is C14H12NOS+. The summed E-state index contributed by atoms with van der Waals surface area (Å²) < 4.78 is 0. The van der Waals surface area contributed by atoms with E-state index in [0.717, 1.165) is 10.6 Å². The van der Waals surface area contributed by atoms with Crippen molar-refractivity contribution in [3.05, 3.63) is 71.8 Å². The van der Waals surface area contributed by atoms with Gasteiger partial charge in [0.2, 0.25) is 5.44 Å². The van der Waals surface area contributed by atoms with Crippen molar-refractivity contribution in [1.82, 2.24) is 0 Å². The van der Waals surface area contributed by atoms with E-state index in [1.807, 2.05) is 36.4 Å². The third-order valence-corrected chi connectivity index (χ3v) is 3.73. The van der Waals surface area contributed by atoms with Crippen LogP contribution in [0.2, 0.25) is 0 Å². The van der Waals surface area contributed by atoms with Crippen molar-refractivity contribution in [1.29, 1.82) is 0 Å². The molecule has 0 aliphatic carbocycles. The van der Waals surface area contributed by atoms with E-state index in [4.69, 9.17) is 4.84 Å². The van der Waals surface area contributed by atoms with E-state index in [2.05, 4.69) is 29.4 Å². The molecule has 3 rings (SSSR count). The van der Waals surface area contributed by atoms with Gasteiger partial charge in [-0.1, -0.05) is 48.5 Å². The summed E-state index contributed by atoms with van der Waals surface area (Å²) in [4.78, 5) is 5.58. The maximum atomic E-state index is 5.58. The fourth-order valence-electron chi connectivity index (χ4n) is 1.72. The Morgan fingerprint density at radius 1 is 0.882 bits per heavy atom. The Balaban J connectivity index is 1.78. The molecule has 0 saturated carbocycles. The molecule has 2 nitrogen and oxygen atoms in total. The molecule has 0 bridgehead atoms. The first kappa shape index (κ1) is 10.4. The minimum Gasteiger partial charge on any atom is -0.258 e. The van der Waals surface area contributed by atoms with E-state index in [1.165, 1.54) is 5.56 Å². The summed E-state index contributed by atoms with van der Waals surface area (Å²) in [5.41, 5.74) is 2.37. The normalized spacial score (nSPS) is 18.6. The van der Waals surface area contributed by atoms with Gasteiger partial charge < -0.3 is 0 Å². The van der Waals surface area contributed by atoms with Crippen LogP contribution in [0.15, 0.2) is 60.7 Å². The zero-order valence-electron chi connectivity index (χ0n) is 9.17. The van der Waals surface area contributed by atoms with Gasteiger partial charge >= 0.3 is 0 Å². The molecule has 1 heterocycles. The fraction of sp³-hybridized carbons (Fsp3) is 0.0714. The Hall–Kier alpha value is -1.74. The van der Waals surface area contributed by atoms with Gasteiger partial charge in [-0.2, -0.15) is 0 Å². The van der Waals surface area contributed by atoms with Gasteiger partial charge in [-0.05, 0) is 17.3 Å². The molecule has 1 aliphatic rings. The van der Waals surface area contributed by atoms with E-state index in [9.17, 15) is 0 Å². The van der Waals surface area contributed by atoms with Gasteiger partial charge in [0.05, 0.1) is 5.56 Å². The molecule has 2 aromatic rings. The first-order valence-corrected chi connectivity index (χ1v) is 6.37. The highest BCUT2D eigenvalue weighted by Gasteiger charge is 2.30. The van der Waals surface area contributed by atoms with Crippen LogP contribution in [-0.4, -0.2) is 5.04 Å². The summed E-state index contributed by atoms with van der Waals surface area (Å²) in [5, 5.41) is 4.07. The van der Waals surface area contributed by atoms with Gasteiger partial charge in [-0.15, -0.1) is 0 Å². The van der Waals surface area contributed by atoms with Crippen molar-refractivity contribution in [3.63, 3.8) is 0 Å². The van der Waals surface area contributed by atoms with Crippen LogP contribution >= 0.6 is 11.8 Å². The van der Waals surface area contributed by atoms with Gasteiger partial charge in [-0.25, -0.2) is 0 Å². The Morgan fingerprint density at radius 3 is 2.24 bits per heavy atom. The number of rotatable bonds is 2. The largest absolute Gasteiger partial charge is 0.293 e. The summed E-state index contributed by atoms with van der Waals surface area (Å²) in [6.07, 6.45) is 0. The maximum Gasteiger partial charge on any atom is 0.293 e. The van der Waals surface area contributed by atoms with Crippen LogP contribution < -0.4 is 5.16 Å². The van der Waals surface area contributed by atoms with Gasteiger partial charge in [0.15, 0.2) is 0 Å². The fourth-order valence-corrected chi connectivity index (χ4v) is 2.70. The van der Waals surface area contributed by atoms with Crippen LogP contribution in [-0.2, 0) is 4.84 Å². The highest BCUT2D eigenvalue weighted by Crippen LogP contribution is 2.32. The minimum atomic E-state index is 0.0337. The van der Waals surface area contributed by atoms with Crippen LogP contribution in [0.5, 0.6) is 0 Å². The second-order valence-corrected chi connectivity index (χ2v) is 4.85. The van der Waals surface area contributed by atoms with Crippen molar-refractivity contribution in [2.45, 2.75) is 5.44 Å². The molecule has 0 aromatic heterocycles. The monoisotopic (exact) mass is 242 g/mol. The average molecular weight is 242 g/mol. The van der Waals surface area contributed by atoms with Crippen LogP contribution in [0.3, 0.4) is 0 Å². The molecule has 84 valence electrons. The number of thioether (sulfide) groups is 1. The average Bonchev–Trinajstić information content (AvgIpc) is 2.90. The third-order valence-electron chi connectivity index (χ3n) is 2.59. The number of hydrogen-bond donors (Lipinski definition) is 1. The number of benzene rings is 2. The van der Waals surface area contributed by atoms with Crippen LogP contribution in [0.4, 0.5) is 0 Å². The molecule has 17 heavy (non-hydrogen) atoms. The summed E-state index contributed by atoms with van der Waals surface area (Å²) in [6.45, 7) is 0. The van der Waals surface area contributed by atoms with E-state index in [0.29, 0.717) is 0 Å². The molecule has 0 fully saturated rings. The summed E-state index contributed by atoms with van der Waals surface area (Å²) in [5.74, 6) is 0. The Labute approximate surface area is 104 Å². The van der Waals surface area contributed by atoms with Gasteiger partial charge in [0.1, 0.15) is 0 Å². The van der Waals surface area contributed by atoms with Crippen LogP contribution in [0, 0.1) is 0 Å². The lowest BCUT2D eigenvalue weighted by molar-refractivity contribution is -0.752. The zero-order chi connectivity index (χ0) is 11.5. The molecule has 1 unspecified atom stereocenters. The first-order valence-electron chi connectivity index (χ1n) is 5.49. The Bertz CT molecular complexity index is 524. The van der Waals surface area contributed by atoms with Crippen molar-refractivity contribution < 1.29 is 9.99 Å². The zero-order valence-corrected chi connectivity index (χ0v) is 9.98. The van der Waals surface area contributed by atoms with Crippen molar-refractivity contribution in [3.8, 4) is 0 Å². The summed E-state index contributed by atoms with van der Waals surface area (Å²) in [7, 11) is 0. The molecule has 0 radical (unpaired) electrons. The molecule has 1 N–H and O–H groups in total. The Kier molecular flexibility index (Phi) is 2.84. The molecule has 3 heteroatoms. The van der Waals surface area contributed by atoms with E-state index >= 15 is 0 Å². The lowest BCUT2D eigenvalue weighted by Gasteiger charge is -2.02. The van der Waals surface area contributed by atoms with E-state index in [-0.39, 0.29) is 5.44 Å². The lowest BCUT2D eigenvalue weighted by Crippen LogP contribution is -2.67. The molecule has 1 aliphatic heterocycles. The molecule has 0 spiro atoms. The van der Waals surface area contributed by atoms with Gasteiger partial charge in [-0.3, -0.25) is 4.84 Å². The number of hydrogen-bond acceptors (Lipinski definition) is 2. The maximum absolute atomic E-state index is 5.58. The van der Waals surface area contributed by atoms with E-state index in [1.54, 1.807) is 11.8 Å². The Morgan fingerprint density at radius 2 is 1.53 bits per heavy atom. The van der Waals surface area contributed by atoms with Gasteiger partial charge in [0, 0.05) is 17.3 Å². The SMILES string of the molecule is c1ccc(C2=[NH+]OC(c3ccccc3)S2)cc1. The highest BCUT2D eigenvalue weighted by atomic mass is 32.2. The summed E-state index contributed by atoms with van der Waals surface area (Å²) >= 11 is 1.70. The quantitative estimate of drug-likeness (QED) is 0.869. The van der Waals surface area contributed by atoms with Crippen LogP contribution in [0.25, 0.3) is 0 Å². The van der Waals surface area contributed by atoms with Crippen molar-refractivity contribution in [2.24, 2.45) is 0 Å². The predicted molar refractivity (Wildman–Crippen MR) is 69.4 cm³/mol. The topological polar surface area (TPSA) is 23.2 Å². The summed E-state index contributed by atoms with van der Waals surface area (Å²) in [6, 6.07) is 20.4. The van der Waals surface area contributed by atoms with Crippen molar-refractivity contribution in [2.75, 3.05) is 0 Å². The highest BCUT2D eigenvalue weighted by molar-refractivity contribution is 8.14. The first-order chi connectivity index (χ1) is 8.43. The van der Waals surface area contributed by atoms with Crippen molar-refractivity contribution >= 4 is 16.8 Å². The second kappa shape index (κ2) is 4.63. The smallest absolute Gasteiger partial charge is 0.258 e. The predicted octanol–water partition coefficient (Wildman–Crippen LogP) is 1.89. The van der Waals surface area contributed by atoms with E-state index < -0.39 is 0 Å². The molecule has 1 atom stereocenters. The molecular weight excluding hydrogens is 230 g/mol. The number of nitrogens with one attached hydrogen (secondary N) is 1.